The molecule has 3 rings (SSSR count). The van der Waals surface area contributed by atoms with Gasteiger partial charge in [-0.25, -0.2) is 0 Å². The Morgan fingerprint density at radius 1 is 1.19 bits per heavy atom. The topological polar surface area (TPSA) is 75.7 Å². The van der Waals surface area contributed by atoms with Gasteiger partial charge in [-0.05, 0) is 42.2 Å². The molecule has 1 fully saturated rings. The van der Waals surface area contributed by atoms with Crippen molar-refractivity contribution in [3.63, 3.8) is 0 Å². The minimum atomic E-state index is -0.317. The Balaban J connectivity index is 1.69. The first-order valence-electron chi connectivity index (χ1n) is 10.1. The zero-order chi connectivity index (χ0) is 22.4. The second-order valence-corrected chi connectivity index (χ2v) is 8.29. The van der Waals surface area contributed by atoms with Crippen LogP contribution in [0.4, 0.5) is 5.69 Å². The van der Waals surface area contributed by atoms with Crippen LogP contribution in [0.2, 0.25) is 0 Å². The summed E-state index contributed by atoms with van der Waals surface area (Å²) >= 11 is 1.25. The number of nitrogens with one attached hydrogen (secondary N) is 1. The number of carbonyl (C=O) groups excluding carboxylic acids is 3. The lowest BCUT2D eigenvalue weighted by Gasteiger charge is -2.17. The molecule has 2 aromatic rings. The summed E-state index contributed by atoms with van der Waals surface area (Å²) in [5.41, 5.74) is 2.29. The molecule has 6 nitrogen and oxygen atoms in total. The number of methoxy groups -OCH3 is 1. The van der Waals surface area contributed by atoms with Crippen LogP contribution in [0.5, 0.6) is 5.75 Å². The van der Waals surface area contributed by atoms with Crippen molar-refractivity contribution in [1.29, 1.82) is 0 Å². The molecule has 162 valence electrons. The smallest absolute Gasteiger partial charge is 0.244 e. The molecule has 1 heterocycles. The molecule has 2 amide bonds. The molecule has 1 saturated heterocycles. The average molecular weight is 439 g/mol. The van der Waals surface area contributed by atoms with E-state index in [1.54, 1.807) is 24.3 Å². The first-order chi connectivity index (χ1) is 14.9. The molecule has 2 aromatic carbocycles. The van der Waals surface area contributed by atoms with Crippen molar-refractivity contribution < 1.29 is 19.1 Å². The van der Waals surface area contributed by atoms with Crippen molar-refractivity contribution in [2.24, 2.45) is 0 Å². The van der Waals surface area contributed by atoms with Crippen molar-refractivity contribution in [3.8, 4) is 5.75 Å². The highest BCUT2D eigenvalue weighted by Gasteiger charge is 2.29. The number of allylic oxidation sites excluding steroid dienone is 1. The summed E-state index contributed by atoms with van der Waals surface area (Å²) in [5.74, 6) is 0.318. The second-order valence-electron chi connectivity index (χ2n) is 7.30. The molecular formula is C24H26N2O4S. The van der Waals surface area contributed by atoms with Crippen molar-refractivity contribution in [3.05, 3.63) is 70.8 Å². The minimum Gasteiger partial charge on any atom is -0.496 e. The summed E-state index contributed by atoms with van der Waals surface area (Å²) in [6, 6.07) is 14.6. The Kier molecular flexibility index (Phi) is 7.52. The molecule has 0 unspecified atom stereocenters. The highest BCUT2D eigenvalue weighted by atomic mass is 32.2. The van der Waals surface area contributed by atoms with Crippen LogP contribution in [0.1, 0.15) is 42.1 Å². The molecule has 0 radical (unpaired) electrons. The van der Waals surface area contributed by atoms with Crippen LogP contribution < -0.4 is 10.1 Å². The second kappa shape index (κ2) is 10.3. The van der Waals surface area contributed by atoms with Crippen LogP contribution in [-0.4, -0.2) is 41.9 Å². The maximum atomic E-state index is 12.7. The van der Waals surface area contributed by atoms with Crippen molar-refractivity contribution in [1.82, 2.24) is 4.90 Å². The van der Waals surface area contributed by atoms with E-state index in [-0.39, 0.29) is 29.9 Å². The number of benzene rings is 2. The van der Waals surface area contributed by atoms with Crippen molar-refractivity contribution >= 4 is 35.0 Å². The molecule has 1 atom stereocenters. The van der Waals surface area contributed by atoms with Crippen LogP contribution in [0.15, 0.2) is 59.6 Å². The fourth-order valence-corrected chi connectivity index (χ4v) is 4.15. The summed E-state index contributed by atoms with van der Waals surface area (Å²) in [7, 11) is 1.50. The zero-order valence-corrected chi connectivity index (χ0v) is 18.7. The highest BCUT2D eigenvalue weighted by molar-refractivity contribution is 8.04. The number of para-hydroxylation sites is 1. The van der Waals surface area contributed by atoms with Gasteiger partial charge in [-0.15, -0.1) is 0 Å². The van der Waals surface area contributed by atoms with E-state index >= 15 is 0 Å². The first-order valence-corrected chi connectivity index (χ1v) is 11.1. The molecule has 0 saturated carbocycles. The lowest BCUT2D eigenvalue weighted by atomic mass is 9.99. The van der Waals surface area contributed by atoms with Gasteiger partial charge in [-0.1, -0.05) is 49.9 Å². The van der Waals surface area contributed by atoms with Gasteiger partial charge in [0.25, 0.3) is 0 Å². The number of ether oxygens (including phenoxy) is 1. The summed E-state index contributed by atoms with van der Waals surface area (Å²) in [5, 5.41) is 3.28. The maximum Gasteiger partial charge on any atom is 0.244 e. The van der Waals surface area contributed by atoms with Crippen LogP contribution in [-0.2, 0) is 9.59 Å². The summed E-state index contributed by atoms with van der Waals surface area (Å²) in [6.45, 7) is 4.14. The number of carbonyl (C=O) groups is 3. The Hall–Kier alpha value is -3.06. The number of nitrogens with zero attached hydrogens (tertiary/aromatic N) is 1. The third-order valence-corrected chi connectivity index (χ3v) is 6.24. The normalized spacial score (nSPS) is 15.8. The fraction of sp³-hybridized carbons (Fsp3) is 0.292. The molecule has 31 heavy (non-hydrogen) atoms. The van der Waals surface area contributed by atoms with Crippen molar-refractivity contribution in [2.75, 3.05) is 24.7 Å². The van der Waals surface area contributed by atoms with Gasteiger partial charge in [0.05, 0.1) is 23.5 Å². The molecule has 1 N–H and O–H groups in total. The molecule has 1 aliphatic rings. The quantitative estimate of drug-likeness (QED) is 0.487. The van der Waals surface area contributed by atoms with Crippen LogP contribution >= 0.6 is 11.8 Å². The van der Waals surface area contributed by atoms with E-state index < -0.39 is 0 Å². The first kappa shape index (κ1) is 22.6. The van der Waals surface area contributed by atoms with E-state index in [0.29, 0.717) is 27.9 Å². The van der Waals surface area contributed by atoms with E-state index in [2.05, 4.69) is 19.2 Å². The van der Waals surface area contributed by atoms with Gasteiger partial charge < -0.3 is 10.1 Å². The van der Waals surface area contributed by atoms with Crippen molar-refractivity contribution in [2.45, 2.75) is 26.2 Å². The third-order valence-electron chi connectivity index (χ3n) is 5.22. The third kappa shape index (κ3) is 5.55. The number of hydrogen-bond acceptors (Lipinski definition) is 5. The molecule has 0 bridgehead atoms. The number of rotatable bonds is 8. The Morgan fingerprint density at radius 2 is 1.90 bits per heavy atom. The van der Waals surface area contributed by atoms with Gasteiger partial charge in [0.2, 0.25) is 11.8 Å². The molecule has 7 heteroatoms. The molecule has 0 aromatic heterocycles. The van der Waals surface area contributed by atoms with Crippen LogP contribution in [0.3, 0.4) is 0 Å². The standard InChI is InChI=1S/C24H26N2O4S/c1-4-16(2)17-9-11-18(12-10-17)25-22(28)14-26-23(29)15-31-24(26)13-20(27)19-7-5-6-8-21(19)30-3/h5-13,16H,4,14-15H2,1-3H3,(H,25,28)/b24-13-/t16-/m1/s1. The average Bonchev–Trinajstić information content (AvgIpc) is 3.12. The van der Waals surface area contributed by atoms with Gasteiger partial charge >= 0.3 is 0 Å². The summed E-state index contributed by atoms with van der Waals surface area (Å²) in [4.78, 5) is 38.9. The molecule has 0 spiro atoms. The lowest BCUT2D eigenvalue weighted by molar-refractivity contribution is -0.129. The van der Waals surface area contributed by atoms with Gasteiger partial charge in [-0.3, -0.25) is 19.3 Å². The number of anilines is 1. The van der Waals surface area contributed by atoms with E-state index in [1.807, 2.05) is 24.3 Å². The van der Waals surface area contributed by atoms with E-state index in [9.17, 15) is 14.4 Å². The van der Waals surface area contributed by atoms with Crippen LogP contribution in [0.25, 0.3) is 0 Å². The molecule has 1 aliphatic heterocycles. The minimum absolute atomic E-state index is 0.149. The number of amides is 2. The number of ketones is 1. The lowest BCUT2D eigenvalue weighted by Crippen LogP contribution is -2.34. The van der Waals surface area contributed by atoms with Gasteiger partial charge in [-0.2, -0.15) is 0 Å². The predicted molar refractivity (Wildman–Crippen MR) is 123 cm³/mol. The Labute approximate surface area is 186 Å². The Morgan fingerprint density at radius 3 is 2.58 bits per heavy atom. The Bertz CT molecular complexity index is 1000. The summed E-state index contributed by atoms with van der Waals surface area (Å²) in [6.07, 6.45) is 2.44. The van der Waals surface area contributed by atoms with Gasteiger partial charge in [0.1, 0.15) is 12.3 Å². The predicted octanol–water partition coefficient (Wildman–Crippen LogP) is 4.45. The zero-order valence-electron chi connectivity index (χ0n) is 17.9. The van der Waals surface area contributed by atoms with E-state index in [4.69, 9.17) is 4.74 Å². The fourth-order valence-electron chi connectivity index (χ4n) is 3.21. The monoisotopic (exact) mass is 438 g/mol. The van der Waals surface area contributed by atoms with E-state index in [1.165, 1.54) is 35.4 Å². The summed E-state index contributed by atoms with van der Waals surface area (Å²) < 4.78 is 5.24. The van der Waals surface area contributed by atoms with Gasteiger partial charge in [0.15, 0.2) is 5.78 Å². The van der Waals surface area contributed by atoms with E-state index in [0.717, 1.165) is 6.42 Å². The number of thioether (sulfide) groups is 1. The van der Waals surface area contributed by atoms with Gasteiger partial charge in [0, 0.05) is 11.8 Å². The number of hydrogen-bond donors (Lipinski definition) is 1. The molecular weight excluding hydrogens is 412 g/mol. The maximum absolute atomic E-state index is 12.7. The molecule has 0 aliphatic carbocycles. The highest BCUT2D eigenvalue weighted by Crippen LogP contribution is 2.30. The largest absolute Gasteiger partial charge is 0.496 e. The SMILES string of the molecule is CC[C@@H](C)c1ccc(NC(=O)CN2C(=O)CS/C2=C\C(=O)c2ccccc2OC)cc1. The van der Waals surface area contributed by atoms with Crippen LogP contribution in [0, 0.1) is 0 Å².